The summed E-state index contributed by atoms with van der Waals surface area (Å²) in [6, 6.07) is -0.000935. The maximum Gasteiger partial charge on any atom is 0.303 e. The molecule has 2 atom stereocenters. The molecule has 1 amide bonds. The Morgan fingerprint density at radius 1 is 1.12 bits per heavy atom. The summed E-state index contributed by atoms with van der Waals surface area (Å²) in [6.07, 6.45) is 9.76. The molecular weight excluding hydrogens is 306 g/mol. The highest BCUT2D eigenvalue weighted by Gasteiger charge is 2.28. The molecule has 138 valence electrons. The van der Waals surface area contributed by atoms with Gasteiger partial charge in [0.05, 0.1) is 0 Å². The minimum atomic E-state index is -0.782. The standard InChI is InChI=1S/C19H33NO4/c1-14(16-9-11-24-12-10-16)19(23)20-17(7-8-18(21)22)13-15-5-3-2-4-6-15/h14-17H,2-13H2,1H3,(H,20,23)(H,21,22). The highest BCUT2D eigenvalue weighted by molar-refractivity contribution is 5.79. The minimum Gasteiger partial charge on any atom is -0.481 e. The molecule has 1 aliphatic carbocycles. The van der Waals surface area contributed by atoms with Crippen LogP contribution >= 0.6 is 0 Å². The first-order valence-corrected chi connectivity index (χ1v) is 9.66. The number of nitrogens with one attached hydrogen (secondary N) is 1. The molecule has 2 unspecified atom stereocenters. The average Bonchev–Trinajstić information content (AvgIpc) is 2.60. The van der Waals surface area contributed by atoms with Gasteiger partial charge in [0.2, 0.25) is 5.91 Å². The number of carboxylic acids is 1. The summed E-state index contributed by atoms with van der Waals surface area (Å²) < 4.78 is 5.38. The lowest BCUT2D eigenvalue weighted by Crippen LogP contribution is -2.42. The summed E-state index contributed by atoms with van der Waals surface area (Å²) in [7, 11) is 0. The number of hydrogen-bond donors (Lipinski definition) is 2. The van der Waals surface area contributed by atoms with Crippen molar-refractivity contribution in [2.75, 3.05) is 13.2 Å². The van der Waals surface area contributed by atoms with Gasteiger partial charge in [-0.05, 0) is 37.5 Å². The van der Waals surface area contributed by atoms with Gasteiger partial charge in [-0.25, -0.2) is 0 Å². The second-order valence-corrected chi connectivity index (χ2v) is 7.62. The lowest BCUT2D eigenvalue weighted by molar-refractivity contribution is -0.137. The van der Waals surface area contributed by atoms with Crippen LogP contribution in [0.5, 0.6) is 0 Å². The zero-order chi connectivity index (χ0) is 17.4. The maximum atomic E-state index is 12.6. The van der Waals surface area contributed by atoms with Crippen molar-refractivity contribution in [3.05, 3.63) is 0 Å². The van der Waals surface area contributed by atoms with E-state index in [1.165, 1.54) is 32.1 Å². The lowest BCUT2D eigenvalue weighted by Gasteiger charge is -2.30. The predicted molar refractivity (Wildman–Crippen MR) is 92.7 cm³/mol. The largest absolute Gasteiger partial charge is 0.481 e. The van der Waals surface area contributed by atoms with E-state index < -0.39 is 5.97 Å². The Kier molecular flexibility index (Phi) is 8.03. The van der Waals surface area contributed by atoms with Crippen LogP contribution in [-0.4, -0.2) is 36.2 Å². The number of rotatable bonds is 8. The van der Waals surface area contributed by atoms with Crippen molar-refractivity contribution in [3.8, 4) is 0 Å². The van der Waals surface area contributed by atoms with E-state index in [1.54, 1.807) is 0 Å². The van der Waals surface area contributed by atoms with Crippen LogP contribution < -0.4 is 5.32 Å². The Balaban J connectivity index is 1.86. The van der Waals surface area contributed by atoms with Crippen molar-refractivity contribution >= 4 is 11.9 Å². The van der Waals surface area contributed by atoms with E-state index in [1.807, 2.05) is 6.92 Å². The van der Waals surface area contributed by atoms with Gasteiger partial charge in [-0.1, -0.05) is 39.0 Å². The van der Waals surface area contributed by atoms with Crippen molar-refractivity contribution in [2.45, 2.75) is 77.2 Å². The number of carboxylic acid groups (broad SMARTS) is 1. The van der Waals surface area contributed by atoms with Gasteiger partial charge in [0, 0.05) is 31.6 Å². The fourth-order valence-electron chi connectivity index (χ4n) is 4.13. The summed E-state index contributed by atoms with van der Waals surface area (Å²) in [5, 5.41) is 12.2. The number of carbonyl (C=O) groups excluding carboxylic acids is 1. The zero-order valence-corrected chi connectivity index (χ0v) is 15.0. The van der Waals surface area contributed by atoms with Crippen LogP contribution in [0, 0.1) is 17.8 Å². The van der Waals surface area contributed by atoms with E-state index in [4.69, 9.17) is 9.84 Å². The third-order valence-electron chi connectivity index (χ3n) is 5.78. The molecule has 1 saturated heterocycles. The van der Waals surface area contributed by atoms with Gasteiger partial charge in [-0.3, -0.25) is 9.59 Å². The first kappa shape index (κ1) is 19.2. The van der Waals surface area contributed by atoms with Crippen LogP contribution in [-0.2, 0) is 14.3 Å². The summed E-state index contributed by atoms with van der Waals surface area (Å²) >= 11 is 0. The maximum absolute atomic E-state index is 12.6. The Labute approximate surface area is 145 Å². The van der Waals surface area contributed by atoms with Crippen LogP contribution in [0.3, 0.4) is 0 Å². The van der Waals surface area contributed by atoms with Gasteiger partial charge in [-0.2, -0.15) is 0 Å². The van der Waals surface area contributed by atoms with Crippen molar-refractivity contribution in [1.29, 1.82) is 0 Å². The average molecular weight is 339 g/mol. The highest BCUT2D eigenvalue weighted by Crippen LogP contribution is 2.29. The van der Waals surface area contributed by atoms with Crippen molar-refractivity contribution in [1.82, 2.24) is 5.32 Å². The van der Waals surface area contributed by atoms with E-state index >= 15 is 0 Å². The van der Waals surface area contributed by atoms with Gasteiger partial charge < -0.3 is 15.2 Å². The summed E-state index contributed by atoms with van der Waals surface area (Å²) in [4.78, 5) is 23.6. The van der Waals surface area contributed by atoms with Crippen LogP contribution in [0.25, 0.3) is 0 Å². The van der Waals surface area contributed by atoms with E-state index in [-0.39, 0.29) is 24.3 Å². The van der Waals surface area contributed by atoms with E-state index in [9.17, 15) is 9.59 Å². The molecule has 1 saturated carbocycles. The molecule has 2 fully saturated rings. The molecule has 5 heteroatoms. The summed E-state index contributed by atoms with van der Waals surface area (Å²) in [5.74, 6) is 0.306. The van der Waals surface area contributed by atoms with Crippen LogP contribution in [0.2, 0.25) is 0 Å². The third-order valence-corrected chi connectivity index (χ3v) is 5.78. The molecule has 2 rings (SSSR count). The van der Waals surface area contributed by atoms with E-state index in [0.717, 1.165) is 32.5 Å². The van der Waals surface area contributed by atoms with Crippen LogP contribution in [0.15, 0.2) is 0 Å². The first-order valence-electron chi connectivity index (χ1n) is 9.66. The molecule has 5 nitrogen and oxygen atoms in total. The van der Waals surface area contributed by atoms with Crippen LogP contribution in [0.1, 0.15) is 71.1 Å². The van der Waals surface area contributed by atoms with Gasteiger partial charge in [0.25, 0.3) is 0 Å². The van der Waals surface area contributed by atoms with Gasteiger partial charge in [0.1, 0.15) is 0 Å². The SMILES string of the molecule is CC(C(=O)NC(CCC(=O)O)CC1CCCCC1)C1CCOCC1. The van der Waals surface area contributed by atoms with Gasteiger partial charge in [-0.15, -0.1) is 0 Å². The molecular formula is C19H33NO4. The smallest absolute Gasteiger partial charge is 0.303 e. The Morgan fingerprint density at radius 2 is 1.79 bits per heavy atom. The number of carbonyl (C=O) groups is 2. The van der Waals surface area contributed by atoms with Crippen LogP contribution in [0.4, 0.5) is 0 Å². The minimum absolute atomic E-state index is 0.000935. The molecule has 24 heavy (non-hydrogen) atoms. The highest BCUT2D eigenvalue weighted by atomic mass is 16.5. The Hall–Kier alpha value is -1.10. The fraction of sp³-hybridized carbons (Fsp3) is 0.895. The summed E-state index contributed by atoms with van der Waals surface area (Å²) in [6.45, 7) is 3.49. The number of aliphatic carboxylic acids is 1. The second kappa shape index (κ2) is 10.0. The molecule has 2 aliphatic rings. The van der Waals surface area contributed by atoms with Gasteiger partial charge >= 0.3 is 5.97 Å². The predicted octanol–water partition coefficient (Wildman–Crippen LogP) is 3.37. The van der Waals surface area contributed by atoms with Crippen molar-refractivity contribution in [3.63, 3.8) is 0 Å². The Bertz CT molecular complexity index is 400. The van der Waals surface area contributed by atoms with E-state index in [2.05, 4.69) is 5.32 Å². The quantitative estimate of drug-likeness (QED) is 0.711. The molecule has 0 spiro atoms. The van der Waals surface area contributed by atoms with Gasteiger partial charge in [0.15, 0.2) is 0 Å². The molecule has 1 heterocycles. The number of hydrogen-bond acceptors (Lipinski definition) is 3. The number of ether oxygens (including phenoxy) is 1. The summed E-state index contributed by atoms with van der Waals surface area (Å²) in [5.41, 5.74) is 0. The lowest BCUT2D eigenvalue weighted by atomic mass is 9.83. The zero-order valence-electron chi connectivity index (χ0n) is 15.0. The first-order chi connectivity index (χ1) is 11.6. The molecule has 0 aromatic rings. The second-order valence-electron chi connectivity index (χ2n) is 7.62. The molecule has 0 aromatic heterocycles. The molecule has 0 bridgehead atoms. The number of amides is 1. The third kappa shape index (κ3) is 6.42. The van der Waals surface area contributed by atoms with Crippen molar-refractivity contribution < 1.29 is 19.4 Å². The molecule has 2 N–H and O–H groups in total. The monoisotopic (exact) mass is 339 g/mol. The van der Waals surface area contributed by atoms with E-state index in [0.29, 0.717) is 18.3 Å². The fourth-order valence-corrected chi connectivity index (χ4v) is 4.13. The Morgan fingerprint density at radius 3 is 2.42 bits per heavy atom. The van der Waals surface area contributed by atoms with Crippen molar-refractivity contribution in [2.24, 2.45) is 17.8 Å². The topological polar surface area (TPSA) is 75.6 Å². The molecule has 0 radical (unpaired) electrons. The molecule has 1 aliphatic heterocycles. The molecule has 0 aromatic carbocycles. The normalized spacial score (nSPS) is 22.7.